The fourth-order valence-electron chi connectivity index (χ4n) is 1.25. The van der Waals surface area contributed by atoms with Crippen LogP contribution in [0.2, 0.25) is 0 Å². The minimum Gasteiger partial charge on any atom is -0.478 e. The average Bonchev–Trinajstić information content (AvgIpc) is 2.25. The molecule has 0 fully saturated rings. The van der Waals surface area contributed by atoms with Crippen LogP contribution >= 0.6 is 15.9 Å². The minimum absolute atomic E-state index is 0.298. The maximum Gasteiger partial charge on any atom is 0.574 e. The van der Waals surface area contributed by atoms with Gasteiger partial charge in [-0.15, -0.1) is 13.2 Å². The summed E-state index contributed by atoms with van der Waals surface area (Å²) in [5.41, 5.74) is -2.21. The molecule has 0 aromatic carbocycles. The molecule has 0 saturated heterocycles. The molecule has 1 rings (SSSR count). The lowest BCUT2D eigenvalue weighted by Gasteiger charge is -2.13. The van der Waals surface area contributed by atoms with Crippen LogP contribution in [0.1, 0.15) is 28.0 Å². The topological polar surface area (TPSA) is 59.4 Å². The van der Waals surface area contributed by atoms with Crippen molar-refractivity contribution >= 4 is 21.9 Å². The number of aromatic nitrogens is 1. The maximum atomic E-state index is 12.7. The number of halogens is 6. The molecule has 1 aromatic rings. The molecule has 0 aliphatic heterocycles. The minimum atomic E-state index is -5.15. The van der Waals surface area contributed by atoms with E-state index in [-0.39, 0.29) is 5.33 Å². The first-order valence-electron chi connectivity index (χ1n) is 4.52. The number of aromatic carboxylic acids is 1. The van der Waals surface area contributed by atoms with E-state index in [4.69, 9.17) is 5.11 Å². The van der Waals surface area contributed by atoms with Crippen LogP contribution in [-0.2, 0) is 5.33 Å². The Hall–Kier alpha value is -1.45. The van der Waals surface area contributed by atoms with E-state index in [1.54, 1.807) is 0 Å². The van der Waals surface area contributed by atoms with Gasteiger partial charge in [0.25, 0.3) is 6.43 Å². The van der Waals surface area contributed by atoms with Crippen LogP contribution in [0.25, 0.3) is 0 Å². The van der Waals surface area contributed by atoms with Gasteiger partial charge in [0.2, 0.25) is 5.88 Å². The molecule has 106 valence electrons. The number of rotatable bonds is 4. The first-order chi connectivity index (χ1) is 8.65. The molecule has 0 aliphatic carbocycles. The molecule has 0 radical (unpaired) electrons. The van der Waals surface area contributed by atoms with Crippen molar-refractivity contribution in [3.05, 3.63) is 22.9 Å². The van der Waals surface area contributed by atoms with Crippen LogP contribution in [0.3, 0.4) is 0 Å². The van der Waals surface area contributed by atoms with Crippen molar-refractivity contribution < 1.29 is 36.6 Å². The highest BCUT2D eigenvalue weighted by Gasteiger charge is 2.33. The molecular formula is C9H5BrF5NO3. The van der Waals surface area contributed by atoms with Crippen molar-refractivity contribution in [3.8, 4) is 5.88 Å². The number of hydrogen-bond donors (Lipinski definition) is 1. The summed E-state index contributed by atoms with van der Waals surface area (Å²) in [5, 5.41) is 8.50. The highest BCUT2D eigenvalue weighted by molar-refractivity contribution is 9.08. The van der Waals surface area contributed by atoms with Crippen LogP contribution in [0.15, 0.2) is 6.07 Å². The maximum absolute atomic E-state index is 12.7. The third-order valence-corrected chi connectivity index (χ3v) is 2.48. The fraction of sp³-hybridized carbons (Fsp3) is 0.333. The monoisotopic (exact) mass is 349 g/mol. The lowest BCUT2D eigenvalue weighted by molar-refractivity contribution is -0.276. The van der Waals surface area contributed by atoms with Crippen molar-refractivity contribution in [2.24, 2.45) is 0 Å². The van der Waals surface area contributed by atoms with Crippen molar-refractivity contribution in [2.75, 3.05) is 0 Å². The second-order valence-corrected chi connectivity index (χ2v) is 3.72. The normalized spacial score (nSPS) is 11.7. The second-order valence-electron chi connectivity index (χ2n) is 3.16. The Morgan fingerprint density at radius 2 is 2.05 bits per heavy atom. The van der Waals surface area contributed by atoms with Crippen molar-refractivity contribution in [3.63, 3.8) is 0 Å². The predicted octanol–water partition coefficient (Wildman–Crippen LogP) is 3.51. The summed E-state index contributed by atoms with van der Waals surface area (Å²) in [6.07, 6.45) is -8.39. The summed E-state index contributed by atoms with van der Waals surface area (Å²) in [6.45, 7) is 0. The molecular weight excluding hydrogens is 345 g/mol. The molecule has 0 aliphatic rings. The molecule has 1 heterocycles. The molecule has 0 bridgehead atoms. The first kappa shape index (κ1) is 15.6. The first-order valence-corrected chi connectivity index (χ1v) is 5.64. The van der Waals surface area contributed by atoms with Crippen molar-refractivity contribution in [2.45, 2.75) is 18.1 Å². The Kier molecular flexibility index (Phi) is 4.66. The van der Waals surface area contributed by atoms with Gasteiger partial charge in [-0.1, -0.05) is 15.9 Å². The number of ether oxygens (including phenoxy) is 1. The molecule has 0 unspecified atom stereocenters. The highest BCUT2D eigenvalue weighted by atomic mass is 79.9. The number of nitrogens with zero attached hydrogens (tertiary/aromatic N) is 1. The van der Waals surface area contributed by atoms with Gasteiger partial charge in [0.05, 0.1) is 5.56 Å². The van der Waals surface area contributed by atoms with Crippen LogP contribution in [-0.4, -0.2) is 22.4 Å². The molecule has 4 nitrogen and oxygen atoms in total. The van der Waals surface area contributed by atoms with Crippen molar-refractivity contribution in [1.29, 1.82) is 0 Å². The number of hydrogen-bond acceptors (Lipinski definition) is 3. The van der Waals surface area contributed by atoms with Gasteiger partial charge in [0, 0.05) is 17.0 Å². The van der Waals surface area contributed by atoms with E-state index in [9.17, 15) is 26.7 Å². The van der Waals surface area contributed by atoms with E-state index < -0.39 is 41.5 Å². The number of carboxylic acids is 1. The molecule has 0 amide bonds. The van der Waals surface area contributed by atoms with E-state index in [1.807, 2.05) is 0 Å². The zero-order valence-electron chi connectivity index (χ0n) is 8.84. The van der Waals surface area contributed by atoms with E-state index >= 15 is 0 Å². The lowest BCUT2D eigenvalue weighted by atomic mass is 10.1. The zero-order valence-corrected chi connectivity index (χ0v) is 10.4. The Labute approximate surface area is 111 Å². The van der Waals surface area contributed by atoms with Crippen LogP contribution in [0.5, 0.6) is 5.88 Å². The highest BCUT2D eigenvalue weighted by Crippen LogP contribution is 2.31. The standard InChI is InChI=1S/C9H5BrF5NO3/c10-2-4-3(8(17)18)1-5(19-9(13,14)15)16-6(4)7(11)12/h1,7H,2H2,(H,17,18). The Morgan fingerprint density at radius 1 is 1.47 bits per heavy atom. The van der Waals surface area contributed by atoms with Gasteiger partial charge in [-0.3, -0.25) is 0 Å². The molecule has 0 saturated carbocycles. The summed E-state index contributed by atoms with van der Waals surface area (Å²) in [6, 6.07) is 0.443. The van der Waals surface area contributed by atoms with Crippen LogP contribution in [0, 0.1) is 0 Å². The van der Waals surface area contributed by atoms with E-state index in [0.717, 1.165) is 0 Å². The molecule has 0 spiro atoms. The third-order valence-electron chi connectivity index (χ3n) is 1.92. The molecule has 1 aromatic heterocycles. The van der Waals surface area contributed by atoms with Gasteiger partial charge in [-0.05, 0) is 0 Å². The third kappa shape index (κ3) is 4.01. The second kappa shape index (κ2) is 5.68. The van der Waals surface area contributed by atoms with Crippen LogP contribution < -0.4 is 4.74 Å². The summed E-state index contributed by atoms with van der Waals surface area (Å²) in [7, 11) is 0. The van der Waals surface area contributed by atoms with Gasteiger partial charge in [0.15, 0.2) is 0 Å². The SMILES string of the molecule is O=C(O)c1cc(OC(F)(F)F)nc(C(F)F)c1CBr. The quantitative estimate of drug-likeness (QED) is 0.667. The number of alkyl halides is 6. The van der Waals surface area contributed by atoms with Gasteiger partial charge < -0.3 is 9.84 Å². The van der Waals surface area contributed by atoms with Gasteiger partial charge in [-0.25, -0.2) is 18.6 Å². The summed E-state index contributed by atoms with van der Waals surface area (Å²) in [5.74, 6) is -2.91. The predicted molar refractivity (Wildman–Crippen MR) is 55.5 cm³/mol. The number of pyridine rings is 1. The Morgan fingerprint density at radius 3 is 2.42 bits per heavy atom. The average molecular weight is 350 g/mol. The van der Waals surface area contributed by atoms with E-state index in [1.165, 1.54) is 0 Å². The number of carbonyl (C=O) groups is 1. The Balaban J connectivity index is 3.41. The van der Waals surface area contributed by atoms with Gasteiger partial charge in [-0.2, -0.15) is 0 Å². The van der Waals surface area contributed by atoms with Gasteiger partial charge >= 0.3 is 12.3 Å². The van der Waals surface area contributed by atoms with Gasteiger partial charge in [0.1, 0.15) is 5.69 Å². The lowest BCUT2D eigenvalue weighted by Crippen LogP contribution is -2.19. The number of carboxylic acid groups (broad SMARTS) is 1. The summed E-state index contributed by atoms with van der Waals surface area (Å²) in [4.78, 5) is 13.8. The van der Waals surface area contributed by atoms with E-state index in [2.05, 4.69) is 25.7 Å². The molecule has 19 heavy (non-hydrogen) atoms. The molecule has 1 N–H and O–H groups in total. The summed E-state index contributed by atoms with van der Waals surface area (Å²) >= 11 is 2.78. The van der Waals surface area contributed by atoms with E-state index in [0.29, 0.717) is 6.07 Å². The Bertz CT molecular complexity index is 491. The summed E-state index contributed by atoms with van der Waals surface area (Å²) < 4.78 is 64.6. The largest absolute Gasteiger partial charge is 0.574 e. The van der Waals surface area contributed by atoms with Crippen molar-refractivity contribution in [1.82, 2.24) is 4.98 Å². The molecule has 10 heteroatoms. The smallest absolute Gasteiger partial charge is 0.478 e. The van der Waals surface area contributed by atoms with Crippen LogP contribution in [0.4, 0.5) is 22.0 Å². The molecule has 0 atom stereocenters. The zero-order chi connectivity index (χ0) is 14.8. The fourth-order valence-corrected chi connectivity index (χ4v) is 1.84.